The predicted molar refractivity (Wildman–Crippen MR) is 115 cm³/mol. The molecule has 1 aliphatic rings. The van der Waals surface area contributed by atoms with Gasteiger partial charge in [0.15, 0.2) is 5.84 Å². The zero-order valence-corrected chi connectivity index (χ0v) is 19.1. The van der Waals surface area contributed by atoms with E-state index in [1.54, 1.807) is 0 Å². The summed E-state index contributed by atoms with van der Waals surface area (Å²) >= 11 is 0. The smallest absolute Gasteiger partial charge is 0.217 e. The average molecular weight is 421 g/mol. The van der Waals surface area contributed by atoms with Crippen molar-refractivity contribution in [3.8, 4) is 0 Å². The molecule has 7 heteroatoms. The van der Waals surface area contributed by atoms with E-state index in [1.807, 2.05) is 0 Å². The Morgan fingerprint density at radius 1 is 0.857 bits per heavy atom. The van der Waals surface area contributed by atoms with E-state index in [0.29, 0.717) is 0 Å². The van der Waals surface area contributed by atoms with Crippen molar-refractivity contribution in [2.24, 2.45) is 4.99 Å². The molecule has 0 unspecified atom stereocenters. The highest BCUT2D eigenvalue weighted by atomic mass is 32.3. The van der Waals surface area contributed by atoms with Gasteiger partial charge in [-0.1, -0.05) is 96.8 Å². The van der Waals surface area contributed by atoms with Gasteiger partial charge < -0.3 is 4.55 Å². The van der Waals surface area contributed by atoms with Gasteiger partial charge in [0.1, 0.15) is 6.54 Å². The van der Waals surface area contributed by atoms with Gasteiger partial charge in [-0.05, 0) is 6.42 Å². The van der Waals surface area contributed by atoms with Crippen LogP contribution in [0.5, 0.6) is 0 Å². The van der Waals surface area contributed by atoms with Crippen LogP contribution in [-0.4, -0.2) is 39.0 Å². The molecule has 0 aliphatic carbocycles. The van der Waals surface area contributed by atoms with Crippen molar-refractivity contribution in [2.45, 2.75) is 110 Å². The van der Waals surface area contributed by atoms with Crippen molar-refractivity contribution in [3.05, 3.63) is 0 Å². The van der Waals surface area contributed by atoms with Crippen LogP contribution in [0.1, 0.15) is 110 Å². The number of nitrogens with zero attached hydrogens (tertiary/aromatic N) is 1. The molecule has 0 saturated carbocycles. The quantitative estimate of drug-likeness (QED) is 0.215. The first-order valence-electron chi connectivity index (χ1n) is 11.4. The van der Waals surface area contributed by atoms with Crippen LogP contribution >= 0.6 is 0 Å². The van der Waals surface area contributed by atoms with E-state index in [1.165, 1.54) is 115 Å². The lowest BCUT2D eigenvalue weighted by molar-refractivity contribution is -0.530. The van der Waals surface area contributed by atoms with Crippen molar-refractivity contribution in [3.63, 3.8) is 0 Å². The molecular weight excluding hydrogens is 376 g/mol. The van der Waals surface area contributed by atoms with Crippen LogP contribution in [0.25, 0.3) is 0 Å². The Kier molecular flexibility index (Phi) is 19.4. The molecule has 168 valence electrons. The van der Waals surface area contributed by atoms with Crippen molar-refractivity contribution in [1.82, 2.24) is 0 Å². The molecule has 28 heavy (non-hydrogen) atoms. The van der Waals surface area contributed by atoms with E-state index >= 15 is 0 Å². The lowest BCUT2D eigenvalue weighted by Gasteiger charge is -2.03. The fourth-order valence-electron chi connectivity index (χ4n) is 3.36. The lowest BCUT2D eigenvalue weighted by Crippen LogP contribution is -2.85. The molecule has 2 N–H and O–H groups in total. The van der Waals surface area contributed by atoms with E-state index < -0.39 is 10.4 Å². The number of aliphatic imine (C=N–C) groups is 1. The second kappa shape index (κ2) is 19.8. The van der Waals surface area contributed by atoms with Crippen LogP contribution in [0.15, 0.2) is 4.99 Å². The molecule has 0 atom stereocenters. The highest BCUT2D eigenvalue weighted by molar-refractivity contribution is 7.80. The molecule has 1 heterocycles. The fraction of sp³-hybridized carbons (Fsp3) is 0.952. The third kappa shape index (κ3) is 21.8. The normalized spacial score (nSPS) is 13.9. The Morgan fingerprint density at radius 3 is 1.57 bits per heavy atom. The molecule has 0 amide bonds. The van der Waals surface area contributed by atoms with E-state index in [9.17, 15) is 13.0 Å². The van der Waals surface area contributed by atoms with Gasteiger partial charge >= 0.3 is 0 Å². The van der Waals surface area contributed by atoms with Gasteiger partial charge in [0.2, 0.25) is 10.4 Å². The summed E-state index contributed by atoms with van der Waals surface area (Å²) < 4.78 is 31.0. The highest BCUT2D eigenvalue weighted by Gasteiger charge is 2.08. The summed E-state index contributed by atoms with van der Waals surface area (Å²) in [6.45, 7) is 4.53. The van der Waals surface area contributed by atoms with Crippen molar-refractivity contribution >= 4 is 16.2 Å². The standard InChI is InChI=1S/C20H40N2.CH4O4S/c1-2-3-4-5-6-7-8-9-10-11-12-13-14-15-16-17-20-21-18-19-22-20;1-5-6(2,3)4/h2-19H2,1H3,(H,21,22);1H3,(H,2,3,4). The second-order valence-electron chi connectivity index (χ2n) is 7.64. The number of amidine groups is 1. The first kappa shape index (κ1) is 27.5. The molecular formula is C21H44N2O4S. The van der Waals surface area contributed by atoms with Gasteiger partial charge in [-0.25, -0.2) is 13.4 Å². The van der Waals surface area contributed by atoms with Gasteiger partial charge in [-0.3, -0.25) is 9.50 Å². The molecule has 0 radical (unpaired) electrons. The summed E-state index contributed by atoms with van der Waals surface area (Å²) in [6.07, 6.45) is 22.9. The molecule has 0 aromatic rings. The minimum atomic E-state index is -4.41. The molecule has 0 aromatic carbocycles. The summed E-state index contributed by atoms with van der Waals surface area (Å²) in [6, 6.07) is 0. The van der Waals surface area contributed by atoms with E-state index in [2.05, 4.69) is 21.4 Å². The van der Waals surface area contributed by atoms with Gasteiger partial charge in [-0.2, -0.15) is 0 Å². The van der Waals surface area contributed by atoms with Gasteiger partial charge in [-0.15, -0.1) is 0 Å². The zero-order valence-electron chi connectivity index (χ0n) is 18.3. The van der Waals surface area contributed by atoms with Gasteiger partial charge in [0.05, 0.1) is 13.7 Å². The molecule has 0 aromatic heterocycles. The maximum absolute atomic E-state index is 9.22. The van der Waals surface area contributed by atoms with Crippen LogP contribution in [0.3, 0.4) is 0 Å². The monoisotopic (exact) mass is 420 g/mol. The Bertz CT molecular complexity index is 467. The molecule has 0 saturated heterocycles. The molecule has 0 spiro atoms. The first-order valence-corrected chi connectivity index (χ1v) is 12.7. The Hall–Kier alpha value is -0.500. The second-order valence-corrected chi connectivity index (χ2v) is 8.79. The SMILES string of the molecule is CCCCCCCCCCCCCCCCCC1=NCC[NH2+]1.COS(=O)(=O)[O-]. The van der Waals surface area contributed by atoms with Gasteiger partial charge in [0.25, 0.3) is 0 Å². The van der Waals surface area contributed by atoms with E-state index in [0.717, 1.165) is 13.7 Å². The number of hydrogen-bond acceptors (Lipinski definition) is 5. The maximum Gasteiger partial charge on any atom is 0.217 e. The third-order valence-electron chi connectivity index (χ3n) is 5.06. The zero-order chi connectivity index (χ0) is 20.9. The fourth-order valence-corrected chi connectivity index (χ4v) is 3.36. The molecule has 0 bridgehead atoms. The predicted octanol–water partition coefficient (Wildman–Crippen LogP) is 4.32. The van der Waals surface area contributed by atoms with Crippen molar-refractivity contribution in [1.29, 1.82) is 0 Å². The maximum atomic E-state index is 9.22. The Morgan fingerprint density at radius 2 is 1.25 bits per heavy atom. The molecule has 1 aliphatic heterocycles. The Labute approximate surface area is 173 Å². The van der Waals surface area contributed by atoms with E-state index in [4.69, 9.17) is 0 Å². The third-order valence-corrected chi connectivity index (χ3v) is 5.47. The van der Waals surface area contributed by atoms with Crippen LogP contribution in [0.4, 0.5) is 0 Å². The lowest BCUT2D eigenvalue weighted by atomic mass is 10.0. The summed E-state index contributed by atoms with van der Waals surface area (Å²) in [5.74, 6) is 1.38. The number of nitrogens with two attached hydrogens (primary N) is 1. The van der Waals surface area contributed by atoms with Crippen molar-refractivity contribution in [2.75, 3.05) is 20.2 Å². The number of unbranched alkanes of at least 4 members (excludes halogenated alkanes) is 14. The largest absolute Gasteiger partial charge is 0.726 e. The number of hydrogen-bond donors (Lipinski definition) is 1. The van der Waals surface area contributed by atoms with Crippen molar-refractivity contribution < 1.29 is 22.5 Å². The molecule has 0 fully saturated rings. The highest BCUT2D eigenvalue weighted by Crippen LogP contribution is 2.13. The van der Waals surface area contributed by atoms with Crippen LogP contribution in [-0.2, 0) is 14.6 Å². The topological polar surface area (TPSA) is 95.4 Å². The summed E-state index contributed by atoms with van der Waals surface area (Å²) in [7, 11) is -3.60. The van der Waals surface area contributed by atoms with Crippen LogP contribution < -0.4 is 5.32 Å². The Balaban J connectivity index is 0.00000105. The molecule has 6 nitrogen and oxygen atoms in total. The van der Waals surface area contributed by atoms with Crippen LogP contribution in [0.2, 0.25) is 0 Å². The number of rotatable bonds is 17. The first-order chi connectivity index (χ1) is 13.5. The number of quaternary nitrogens is 1. The van der Waals surface area contributed by atoms with E-state index in [-0.39, 0.29) is 0 Å². The minimum absolute atomic E-state index is 0.808. The van der Waals surface area contributed by atoms with Crippen LogP contribution in [0, 0.1) is 0 Å². The molecule has 1 rings (SSSR count). The van der Waals surface area contributed by atoms with Gasteiger partial charge in [0, 0.05) is 6.42 Å². The average Bonchev–Trinajstić information content (AvgIpc) is 3.18. The summed E-state index contributed by atoms with van der Waals surface area (Å²) in [4.78, 5) is 4.50. The summed E-state index contributed by atoms with van der Waals surface area (Å²) in [5, 5.41) is 2.32. The minimum Gasteiger partial charge on any atom is -0.726 e. The summed E-state index contributed by atoms with van der Waals surface area (Å²) in [5.41, 5.74) is 0.